The van der Waals surface area contributed by atoms with E-state index in [2.05, 4.69) is 24.4 Å². The van der Waals surface area contributed by atoms with Crippen LogP contribution in [0.4, 0.5) is 16.2 Å². The van der Waals surface area contributed by atoms with E-state index in [1.807, 2.05) is 66.4 Å². The number of anilines is 2. The van der Waals surface area contributed by atoms with Crippen molar-refractivity contribution in [2.24, 2.45) is 0 Å². The third-order valence-corrected chi connectivity index (χ3v) is 6.43. The molecule has 35 heavy (non-hydrogen) atoms. The summed E-state index contributed by atoms with van der Waals surface area (Å²) in [6, 6.07) is 23.4. The van der Waals surface area contributed by atoms with Gasteiger partial charge in [-0.3, -0.25) is 9.69 Å². The summed E-state index contributed by atoms with van der Waals surface area (Å²) in [7, 11) is 1.60. The molecule has 3 aromatic rings. The topological polar surface area (TPSA) is 61.9 Å². The van der Waals surface area contributed by atoms with Crippen LogP contribution in [0.25, 0.3) is 0 Å². The molecule has 4 rings (SSSR count). The van der Waals surface area contributed by atoms with Gasteiger partial charge >= 0.3 is 6.03 Å². The highest BCUT2D eigenvalue weighted by atomic mass is 16.5. The molecule has 0 aliphatic carbocycles. The standard InChI is InChI=1S/C29H33N3O3/c1-4-25(23-12-6-5-7-13-23)28(33)30-24-14-15-27(35-3)26(19-24)32-17-9-16-31(29(32)34)20-22-11-8-10-21(2)18-22/h5-8,10-15,18-19,25H,4,9,16-17,20H2,1-3H3,(H,30,33)/t25-/m1/s1. The van der Waals surface area contributed by atoms with Gasteiger partial charge in [0.2, 0.25) is 5.91 Å². The van der Waals surface area contributed by atoms with Crippen molar-refractivity contribution in [1.82, 2.24) is 4.90 Å². The van der Waals surface area contributed by atoms with Gasteiger partial charge in [-0.25, -0.2) is 4.79 Å². The minimum atomic E-state index is -0.247. The number of carbonyl (C=O) groups is 2. The number of carbonyl (C=O) groups excluding carboxylic acids is 2. The number of nitrogens with one attached hydrogen (secondary N) is 1. The van der Waals surface area contributed by atoms with Crippen molar-refractivity contribution in [2.45, 2.75) is 39.2 Å². The van der Waals surface area contributed by atoms with E-state index >= 15 is 0 Å². The number of amides is 3. The molecule has 0 spiro atoms. The largest absolute Gasteiger partial charge is 0.495 e. The molecule has 0 unspecified atom stereocenters. The molecule has 6 heteroatoms. The molecule has 3 aromatic carbocycles. The van der Waals surface area contributed by atoms with E-state index in [9.17, 15) is 9.59 Å². The van der Waals surface area contributed by atoms with Gasteiger partial charge in [0.1, 0.15) is 5.75 Å². The van der Waals surface area contributed by atoms with Crippen LogP contribution in [0, 0.1) is 6.92 Å². The van der Waals surface area contributed by atoms with Crippen molar-refractivity contribution in [1.29, 1.82) is 0 Å². The summed E-state index contributed by atoms with van der Waals surface area (Å²) >= 11 is 0. The molecule has 0 bridgehead atoms. The second-order valence-electron chi connectivity index (χ2n) is 8.95. The molecule has 6 nitrogen and oxygen atoms in total. The van der Waals surface area contributed by atoms with E-state index in [0.29, 0.717) is 43.2 Å². The van der Waals surface area contributed by atoms with E-state index in [0.717, 1.165) is 17.5 Å². The van der Waals surface area contributed by atoms with Crippen molar-refractivity contribution >= 4 is 23.3 Å². The Morgan fingerprint density at radius 3 is 2.54 bits per heavy atom. The molecule has 1 N–H and O–H groups in total. The Labute approximate surface area is 207 Å². The lowest BCUT2D eigenvalue weighted by molar-refractivity contribution is -0.117. The van der Waals surface area contributed by atoms with Crippen LogP contribution in [0.5, 0.6) is 5.75 Å². The Morgan fingerprint density at radius 1 is 1.03 bits per heavy atom. The summed E-state index contributed by atoms with van der Waals surface area (Å²) in [5, 5.41) is 3.05. The molecule has 1 aliphatic rings. The van der Waals surface area contributed by atoms with E-state index in [1.54, 1.807) is 18.1 Å². The van der Waals surface area contributed by atoms with Crippen molar-refractivity contribution in [3.63, 3.8) is 0 Å². The Balaban J connectivity index is 1.55. The molecule has 0 aromatic heterocycles. The van der Waals surface area contributed by atoms with Crippen LogP contribution in [0.15, 0.2) is 72.8 Å². The van der Waals surface area contributed by atoms with E-state index in [-0.39, 0.29) is 17.9 Å². The summed E-state index contributed by atoms with van der Waals surface area (Å²) in [5.41, 5.74) is 4.58. The number of aryl methyl sites for hydroxylation is 1. The second kappa shape index (κ2) is 11.1. The fraction of sp³-hybridized carbons (Fsp3) is 0.310. The fourth-order valence-electron chi connectivity index (χ4n) is 4.65. The number of rotatable bonds is 8. The minimum absolute atomic E-state index is 0.0600. The van der Waals surface area contributed by atoms with Crippen LogP contribution in [0.3, 0.4) is 0 Å². The molecule has 1 aliphatic heterocycles. The Kier molecular flexibility index (Phi) is 7.70. The number of methoxy groups -OCH3 is 1. The highest BCUT2D eigenvalue weighted by Gasteiger charge is 2.29. The molecule has 0 saturated carbocycles. The molecule has 0 radical (unpaired) electrons. The molecule has 3 amide bonds. The Hall–Kier alpha value is -3.80. The predicted molar refractivity (Wildman–Crippen MR) is 140 cm³/mol. The molecular formula is C29H33N3O3. The molecule has 182 valence electrons. The van der Waals surface area contributed by atoms with Crippen molar-refractivity contribution in [3.8, 4) is 5.75 Å². The summed E-state index contributed by atoms with van der Waals surface area (Å²) in [4.78, 5) is 30.2. The molecule has 1 saturated heterocycles. The average Bonchev–Trinajstić information content (AvgIpc) is 2.86. The minimum Gasteiger partial charge on any atom is -0.495 e. The number of urea groups is 1. The normalized spacial score (nSPS) is 14.5. The van der Waals surface area contributed by atoms with Gasteiger partial charge in [0.15, 0.2) is 0 Å². The van der Waals surface area contributed by atoms with E-state index < -0.39 is 0 Å². The van der Waals surface area contributed by atoms with Crippen LogP contribution in [-0.4, -0.2) is 37.0 Å². The SMILES string of the molecule is CC[C@@H](C(=O)Nc1ccc(OC)c(N2CCCN(Cc3cccc(C)c3)C2=O)c1)c1ccccc1. The summed E-state index contributed by atoms with van der Waals surface area (Å²) in [6.45, 7) is 5.92. The third kappa shape index (κ3) is 5.65. The maximum atomic E-state index is 13.5. The van der Waals surface area contributed by atoms with Gasteiger partial charge in [0.05, 0.1) is 18.7 Å². The Bertz CT molecular complexity index is 1180. The summed E-state index contributed by atoms with van der Waals surface area (Å²) in [6.07, 6.45) is 1.54. The van der Waals surface area contributed by atoms with Crippen molar-refractivity contribution < 1.29 is 14.3 Å². The fourth-order valence-corrected chi connectivity index (χ4v) is 4.65. The number of hydrogen-bond acceptors (Lipinski definition) is 3. The summed E-state index contributed by atoms with van der Waals surface area (Å²) < 4.78 is 5.59. The predicted octanol–water partition coefficient (Wildman–Crippen LogP) is 5.97. The summed E-state index contributed by atoms with van der Waals surface area (Å²) in [5.74, 6) is 0.285. The second-order valence-corrected chi connectivity index (χ2v) is 8.95. The quantitative estimate of drug-likeness (QED) is 0.440. The molecule has 1 atom stereocenters. The Morgan fingerprint density at radius 2 is 1.83 bits per heavy atom. The lowest BCUT2D eigenvalue weighted by Gasteiger charge is -2.36. The van der Waals surface area contributed by atoms with Crippen molar-refractivity contribution in [2.75, 3.05) is 30.4 Å². The number of hydrogen-bond donors (Lipinski definition) is 1. The maximum Gasteiger partial charge on any atom is 0.324 e. The van der Waals surface area contributed by atoms with Gasteiger partial charge in [-0.2, -0.15) is 0 Å². The van der Waals surface area contributed by atoms with Gasteiger partial charge in [-0.1, -0.05) is 67.1 Å². The molecule has 1 fully saturated rings. The maximum absolute atomic E-state index is 13.5. The third-order valence-electron chi connectivity index (χ3n) is 6.43. The number of nitrogens with zero attached hydrogens (tertiary/aromatic N) is 2. The van der Waals surface area contributed by atoms with Gasteiger partial charge < -0.3 is 15.0 Å². The zero-order chi connectivity index (χ0) is 24.8. The molecular weight excluding hydrogens is 438 g/mol. The van der Waals surface area contributed by atoms with Gasteiger partial charge in [0.25, 0.3) is 0 Å². The van der Waals surface area contributed by atoms with Crippen LogP contribution in [0.2, 0.25) is 0 Å². The van der Waals surface area contributed by atoms with Crippen LogP contribution in [-0.2, 0) is 11.3 Å². The first-order chi connectivity index (χ1) is 17.0. The van der Waals surface area contributed by atoms with Crippen LogP contribution < -0.4 is 15.0 Å². The van der Waals surface area contributed by atoms with Gasteiger partial charge in [-0.05, 0) is 49.1 Å². The number of ether oxygens (including phenoxy) is 1. The molecule has 1 heterocycles. The first-order valence-corrected chi connectivity index (χ1v) is 12.2. The lowest BCUT2D eigenvalue weighted by Crippen LogP contribution is -2.49. The first kappa shape index (κ1) is 24.3. The highest BCUT2D eigenvalue weighted by Crippen LogP contribution is 2.34. The zero-order valence-electron chi connectivity index (χ0n) is 20.7. The van der Waals surface area contributed by atoms with Gasteiger partial charge in [0, 0.05) is 25.3 Å². The smallest absolute Gasteiger partial charge is 0.324 e. The van der Waals surface area contributed by atoms with Gasteiger partial charge in [-0.15, -0.1) is 0 Å². The average molecular weight is 472 g/mol. The zero-order valence-corrected chi connectivity index (χ0v) is 20.7. The number of benzene rings is 3. The van der Waals surface area contributed by atoms with E-state index in [1.165, 1.54) is 5.56 Å². The van der Waals surface area contributed by atoms with E-state index in [4.69, 9.17) is 4.74 Å². The monoisotopic (exact) mass is 471 g/mol. The van der Waals surface area contributed by atoms with Crippen LogP contribution >= 0.6 is 0 Å². The first-order valence-electron chi connectivity index (χ1n) is 12.2. The lowest BCUT2D eigenvalue weighted by atomic mass is 9.95. The van der Waals surface area contributed by atoms with Crippen LogP contribution in [0.1, 0.15) is 42.4 Å². The highest BCUT2D eigenvalue weighted by molar-refractivity contribution is 5.98. The van der Waals surface area contributed by atoms with Crippen molar-refractivity contribution in [3.05, 3.63) is 89.5 Å².